The summed E-state index contributed by atoms with van der Waals surface area (Å²) in [5, 5.41) is 5.75. The molecule has 6 aliphatic heterocycles. The second-order valence-corrected chi connectivity index (χ2v) is 23.8. The molecule has 8 aliphatic rings. The lowest BCUT2D eigenvalue weighted by molar-refractivity contribution is -0.160. The van der Waals surface area contributed by atoms with Crippen molar-refractivity contribution in [1.29, 1.82) is 0 Å². The van der Waals surface area contributed by atoms with Crippen molar-refractivity contribution in [2.45, 2.75) is 140 Å². The second-order valence-electron chi connectivity index (χ2n) is 23.8. The van der Waals surface area contributed by atoms with Gasteiger partial charge in [-0.05, 0) is 101 Å². The number of piperazine rings is 1. The van der Waals surface area contributed by atoms with Crippen molar-refractivity contribution in [3.8, 4) is 22.5 Å². The Labute approximate surface area is 440 Å². The van der Waals surface area contributed by atoms with Crippen molar-refractivity contribution >= 4 is 34.4 Å². The fourth-order valence-corrected chi connectivity index (χ4v) is 12.9. The Hall–Kier alpha value is -4.95. The van der Waals surface area contributed by atoms with E-state index in [2.05, 4.69) is 82.0 Å². The molecule has 6 bridgehead atoms. The predicted octanol–water partition coefficient (Wildman–Crippen LogP) is 6.21. The lowest BCUT2D eigenvalue weighted by Gasteiger charge is -2.51. The third kappa shape index (κ3) is 10.4. The van der Waals surface area contributed by atoms with E-state index in [9.17, 15) is 9.59 Å². The number of anilines is 1. The third-order valence-corrected chi connectivity index (χ3v) is 17.6. The molecule has 0 radical (unpaired) electrons. The lowest BCUT2D eigenvalue weighted by atomic mass is 9.84. The van der Waals surface area contributed by atoms with Gasteiger partial charge in [0.1, 0.15) is 30.1 Å². The molecule has 18 nitrogen and oxygen atoms in total. The second kappa shape index (κ2) is 20.8. The van der Waals surface area contributed by atoms with Gasteiger partial charge in [-0.25, -0.2) is 10.4 Å². The van der Waals surface area contributed by atoms with Crippen LogP contribution in [0.1, 0.15) is 115 Å². The van der Waals surface area contributed by atoms with Crippen molar-refractivity contribution in [3.05, 3.63) is 53.9 Å². The standard InChI is InChI=1S/C57H77N9O9/c1-35-26-41(35)52(67)60-49-51(64-32-57(33-64)15-7-22-75-57)53-59-46(31-73-53)37-9-12-47-42(27-37)44(29-56(3,4)34-74-55(69)45-8-6-16-66(61-45)54(49)68)50(65(47)21-25-72-40-13-23-71-24-14-40)43-28-39(30-58-48(43)36(2)70-5)63-19-17-62(18-20-63)38-10-11-38/h9,12,27-28,30-31,35-36,38,40-41,45,49,51,61H,6-8,10-11,13-26,29,32-34H2,1-5H3,(H,60,67)/t35-,36-,41-,45-,49-,51-/m0/s1. The van der Waals surface area contributed by atoms with Crippen LogP contribution in [-0.2, 0) is 51.0 Å². The molecule has 18 heteroatoms. The number of rotatable bonds is 12. The van der Waals surface area contributed by atoms with E-state index in [-0.39, 0.29) is 48.1 Å². The molecule has 7 fully saturated rings. The molecule has 2 aliphatic carbocycles. The molecule has 404 valence electrons. The quantitative estimate of drug-likeness (QED) is 0.153. The smallest absolute Gasteiger partial charge is 0.324 e. The highest BCUT2D eigenvalue weighted by Gasteiger charge is 2.54. The number of ether oxygens (including phenoxy) is 5. The van der Waals surface area contributed by atoms with E-state index in [0.29, 0.717) is 83.5 Å². The first-order valence-electron chi connectivity index (χ1n) is 28.1. The number of benzene rings is 1. The predicted molar refractivity (Wildman–Crippen MR) is 280 cm³/mol. The number of pyridine rings is 1. The van der Waals surface area contributed by atoms with Crippen molar-refractivity contribution in [1.82, 2.24) is 40.1 Å². The number of oxazole rings is 1. The highest BCUT2D eigenvalue weighted by Crippen LogP contribution is 2.46. The van der Waals surface area contributed by atoms with Crippen LogP contribution in [0.3, 0.4) is 0 Å². The SMILES string of the molecule is CO[C@@H](C)c1ncc(N2CCN(C3CC3)CC2)cc1-c1c2c3cc(ccc3n1CCOC1CCOCC1)-c1coc(n1)[C@@H](N1CC3(CCCO3)C1)[C@H](NC(=O)[C@H]1C[C@@H]1C)C(=O)N1CCC[C@H](N1)C(=O)OCC(C)(C)C2. The Kier molecular flexibility index (Phi) is 14.1. The molecule has 0 unspecified atom stereocenters. The number of nitrogens with one attached hydrogen (secondary N) is 2. The molecule has 6 atom stereocenters. The van der Waals surface area contributed by atoms with Gasteiger partial charge in [-0.2, -0.15) is 0 Å². The molecule has 1 aromatic carbocycles. The monoisotopic (exact) mass is 1030 g/mol. The van der Waals surface area contributed by atoms with Gasteiger partial charge in [0.05, 0.1) is 54.3 Å². The number of esters is 1. The van der Waals surface area contributed by atoms with Crippen LogP contribution in [0.4, 0.5) is 5.69 Å². The molecule has 4 aromatic rings. The Morgan fingerprint density at radius 2 is 1.79 bits per heavy atom. The zero-order chi connectivity index (χ0) is 51.6. The summed E-state index contributed by atoms with van der Waals surface area (Å²) in [6.07, 6.45) is 12.1. The average Bonchev–Trinajstić information content (AvgIpc) is 4.26. The molecular weight excluding hydrogens is 955 g/mol. The Morgan fingerprint density at radius 3 is 2.52 bits per heavy atom. The van der Waals surface area contributed by atoms with Crippen LogP contribution in [0.15, 0.2) is 41.1 Å². The number of amides is 2. The minimum Gasteiger partial charge on any atom is -0.464 e. The van der Waals surface area contributed by atoms with Crippen molar-refractivity contribution in [3.63, 3.8) is 0 Å². The first-order chi connectivity index (χ1) is 36.3. The molecule has 3 aromatic heterocycles. The molecule has 2 amide bonds. The summed E-state index contributed by atoms with van der Waals surface area (Å²) in [5.74, 6) is -0.572. The van der Waals surface area contributed by atoms with Gasteiger partial charge in [-0.15, -0.1) is 0 Å². The average molecular weight is 1030 g/mol. The molecule has 75 heavy (non-hydrogen) atoms. The number of nitrogens with zero attached hydrogens (tertiary/aromatic N) is 7. The van der Waals surface area contributed by atoms with Crippen LogP contribution in [0.5, 0.6) is 0 Å². The summed E-state index contributed by atoms with van der Waals surface area (Å²) in [6.45, 7) is 17.1. The van der Waals surface area contributed by atoms with Crippen molar-refractivity contribution in [2.75, 3.05) is 90.9 Å². The minimum atomic E-state index is -1.07. The Bertz CT molecular complexity index is 2740. The number of fused-ring (bicyclic) bond motifs is 6. The molecular formula is C57H77N9O9. The molecule has 2 N–H and O–H groups in total. The first kappa shape index (κ1) is 50.8. The number of hydrogen-bond acceptors (Lipinski definition) is 15. The molecule has 1 spiro atoms. The van der Waals surface area contributed by atoms with Gasteiger partial charge in [0.25, 0.3) is 5.91 Å². The van der Waals surface area contributed by atoms with Gasteiger partial charge in [0.15, 0.2) is 0 Å². The number of methoxy groups -OCH3 is 1. The zero-order valence-electron chi connectivity index (χ0n) is 44.7. The maximum Gasteiger partial charge on any atom is 0.324 e. The molecule has 5 saturated heterocycles. The normalized spacial score (nSPS) is 28.0. The maximum atomic E-state index is 15.1. The molecule has 12 rings (SSSR count). The van der Waals surface area contributed by atoms with Crippen LogP contribution < -0.4 is 15.6 Å². The van der Waals surface area contributed by atoms with Gasteiger partial charge in [0, 0.05) is 119 Å². The number of hydrazine groups is 1. The number of likely N-dealkylation sites (tertiary alicyclic amines) is 1. The third-order valence-electron chi connectivity index (χ3n) is 17.6. The summed E-state index contributed by atoms with van der Waals surface area (Å²) < 4.78 is 40.1. The first-order valence-corrected chi connectivity index (χ1v) is 28.1. The van der Waals surface area contributed by atoms with Crippen LogP contribution in [0.25, 0.3) is 33.4 Å². The zero-order valence-corrected chi connectivity index (χ0v) is 44.7. The highest BCUT2D eigenvalue weighted by molar-refractivity contribution is 5.95. The number of hydrogen-bond donors (Lipinski definition) is 2. The van der Waals surface area contributed by atoms with E-state index in [0.717, 1.165) is 109 Å². The molecule has 2 saturated carbocycles. The van der Waals surface area contributed by atoms with E-state index in [1.54, 1.807) is 13.4 Å². The van der Waals surface area contributed by atoms with E-state index >= 15 is 4.79 Å². The highest BCUT2D eigenvalue weighted by atomic mass is 16.5. The summed E-state index contributed by atoms with van der Waals surface area (Å²) in [4.78, 5) is 61.3. The van der Waals surface area contributed by atoms with Crippen LogP contribution in [0.2, 0.25) is 0 Å². The van der Waals surface area contributed by atoms with Crippen LogP contribution in [0, 0.1) is 17.3 Å². The van der Waals surface area contributed by atoms with Gasteiger partial charge >= 0.3 is 5.97 Å². The van der Waals surface area contributed by atoms with Gasteiger partial charge in [-0.1, -0.05) is 26.8 Å². The minimum absolute atomic E-state index is 0.118. The Balaban J connectivity index is 1.00. The number of carbonyl (C=O) groups is 3. The van der Waals surface area contributed by atoms with Crippen molar-refractivity contribution < 1.29 is 42.5 Å². The van der Waals surface area contributed by atoms with Crippen LogP contribution in [-0.4, -0.2) is 163 Å². The Morgan fingerprint density at radius 1 is 0.987 bits per heavy atom. The van der Waals surface area contributed by atoms with E-state index in [4.69, 9.17) is 38.1 Å². The van der Waals surface area contributed by atoms with Crippen molar-refractivity contribution in [2.24, 2.45) is 17.3 Å². The van der Waals surface area contributed by atoms with Gasteiger partial charge in [-0.3, -0.25) is 34.2 Å². The largest absolute Gasteiger partial charge is 0.464 e. The van der Waals surface area contributed by atoms with E-state index < -0.39 is 29.5 Å². The maximum absolute atomic E-state index is 15.1. The van der Waals surface area contributed by atoms with Gasteiger partial charge < -0.3 is 42.9 Å². The van der Waals surface area contributed by atoms with Crippen LogP contribution >= 0.6 is 0 Å². The fraction of sp³-hybridized carbons (Fsp3) is 0.667. The fourth-order valence-electron chi connectivity index (χ4n) is 12.9. The summed E-state index contributed by atoms with van der Waals surface area (Å²) >= 11 is 0. The number of cyclic esters (lactones) is 1. The van der Waals surface area contributed by atoms with E-state index in [1.807, 2.05) is 6.20 Å². The van der Waals surface area contributed by atoms with Gasteiger partial charge in [0.2, 0.25) is 11.8 Å². The summed E-state index contributed by atoms with van der Waals surface area (Å²) in [6, 6.07) is 6.94. The number of carbonyl (C=O) groups excluding carboxylic acids is 3. The summed E-state index contributed by atoms with van der Waals surface area (Å²) in [7, 11) is 1.74. The topological polar surface area (TPSA) is 178 Å². The lowest BCUT2D eigenvalue weighted by Crippen LogP contribution is -2.68. The summed E-state index contributed by atoms with van der Waals surface area (Å²) in [5.41, 5.74) is 9.91. The number of aromatic nitrogens is 3. The van der Waals surface area contributed by atoms with E-state index in [1.165, 1.54) is 17.9 Å². The molecule has 9 heterocycles.